The third-order valence-electron chi connectivity index (χ3n) is 5.72. The average molecular weight is 439 g/mol. The Morgan fingerprint density at radius 2 is 1.61 bits per heavy atom. The Labute approximate surface area is 173 Å². The lowest BCUT2D eigenvalue weighted by Crippen LogP contribution is -2.48. The molecule has 2 aliphatic rings. The molecule has 0 N–H and O–H groups in total. The second-order valence-corrected chi connectivity index (χ2v) is 7.57. The number of nitrogens with zero attached hydrogens (tertiary/aromatic N) is 3. The lowest BCUT2D eigenvalue weighted by molar-refractivity contribution is -0.138. The first-order chi connectivity index (χ1) is 14.5. The minimum atomic E-state index is -4.66. The van der Waals surface area contributed by atoms with Crippen LogP contribution in [0.25, 0.3) is 0 Å². The van der Waals surface area contributed by atoms with Gasteiger partial charge in [0, 0.05) is 30.4 Å². The lowest BCUT2D eigenvalue weighted by Gasteiger charge is -2.36. The summed E-state index contributed by atoms with van der Waals surface area (Å²) in [6.45, 7) is 0.562. The molecule has 4 rings (SSSR count). The maximum absolute atomic E-state index is 13.3. The number of carbonyl (C=O) groups excluding carboxylic acids is 1. The maximum atomic E-state index is 13.3. The minimum Gasteiger partial charge on any atom is -0.365 e. The third-order valence-corrected chi connectivity index (χ3v) is 5.72. The Morgan fingerprint density at radius 3 is 2.13 bits per heavy atom. The van der Waals surface area contributed by atoms with Crippen LogP contribution in [0.4, 0.5) is 32.0 Å². The average Bonchev–Trinajstić information content (AvgIpc) is 3.32. The number of piperazine rings is 1. The van der Waals surface area contributed by atoms with Gasteiger partial charge in [-0.05, 0) is 48.9 Å². The molecule has 2 aromatic rings. The predicted molar refractivity (Wildman–Crippen MR) is 98.2 cm³/mol. The van der Waals surface area contributed by atoms with E-state index >= 15 is 0 Å². The van der Waals surface area contributed by atoms with Crippen molar-refractivity contribution >= 4 is 11.6 Å². The first kappa shape index (κ1) is 21.0. The molecule has 2 saturated heterocycles. The van der Waals surface area contributed by atoms with E-state index in [4.69, 9.17) is 5.26 Å². The number of hydrogen-bond donors (Lipinski definition) is 0. The standard InChI is InChI=1S/C21H15F6N3O/c22-20(23,24)14-4-1-12(2-5-14)19(31)30-11-16-7-17(30)10-29(16)15-6-3-13(9-28)18(8-15)21(25,26)27/h1-6,8,16-17H,7,10-11H2/t16-,17-/m1/s1. The number of nitriles is 1. The number of likely N-dealkylation sites (tertiary alicyclic amines) is 1. The Kier molecular flexibility index (Phi) is 4.87. The third kappa shape index (κ3) is 3.80. The van der Waals surface area contributed by atoms with Gasteiger partial charge in [-0.15, -0.1) is 0 Å². The molecule has 4 nitrogen and oxygen atoms in total. The monoisotopic (exact) mass is 439 g/mol. The van der Waals surface area contributed by atoms with Crippen molar-refractivity contribution in [3.05, 3.63) is 64.7 Å². The van der Waals surface area contributed by atoms with Gasteiger partial charge in [-0.2, -0.15) is 31.6 Å². The summed E-state index contributed by atoms with van der Waals surface area (Å²) in [5.74, 6) is -0.406. The highest BCUT2D eigenvalue weighted by Gasteiger charge is 2.46. The molecule has 1 amide bonds. The topological polar surface area (TPSA) is 47.3 Å². The van der Waals surface area contributed by atoms with Crippen molar-refractivity contribution in [3.8, 4) is 6.07 Å². The van der Waals surface area contributed by atoms with E-state index in [0.29, 0.717) is 18.7 Å². The van der Waals surface area contributed by atoms with Gasteiger partial charge in [-0.25, -0.2) is 0 Å². The molecule has 162 valence electrons. The largest absolute Gasteiger partial charge is 0.417 e. The van der Waals surface area contributed by atoms with Crippen molar-refractivity contribution in [1.29, 1.82) is 5.26 Å². The first-order valence-corrected chi connectivity index (χ1v) is 9.35. The second kappa shape index (κ2) is 7.18. The molecule has 0 saturated carbocycles. The molecule has 0 aromatic heterocycles. The number of halogens is 6. The number of carbonyl (C=O) groups is 1. The number of alkyl halides is 6. The highest BCUT2D eigenvalue weighted by molar-refractivity contribution is 5.95. The highest BCUT2D eigenvalue weighted by atomic mass is 19.4. The molecule has 2 aliphatic heterocycles. The smallest absolute Gasteiger partial charge is 0.365 e. The van der Waals surface area contributed by atoms with Crippen LogP contribution in [-0.4, -0.2) is 36.0 Å². The summed E-state index contributed by atoms with van der Waals surface area (Å²) in [6, 6.07) is 8.57. The Morgan fingerprint density at radius 1 is 0.935 bits per heavy atom. The van der Waals surface area contributed by atoms with Crippen LogP contribution in [0.15, 0.2) is 42.5 Å². The van der Waals surface area contributed by atoms with Crippen molar-refractivity contribution in [2.75, 3.05) is 18.0 Å². The lowest BCUT2D eigenvalue weighted by atomic mass is 10.1. The highest BCUT2D eigenvalue weighted by Crippen LogP contribution is 2.39. The summed E-state index contributed by atoms with van der Waals surface area (Å²) in [6.07, 6.45) is -8.61. The van der Waals surface area contributed by atoms with E-state index < -0.39 is 35.0 Å². The zero-order valence-electron chi connectivity index (χ0n) is 15.8. The molecule has 0 spiro atoms. The molecule has 0 aliphatic carbocycles. The van der Waals surface area contributed by atoms with Crippen LogP contribution in [0.2, 0.25) is 0 Å². The number of fused-ring (bicyclic) bond motifs is 2. The first-order valence-electron chi connectivity index (χ1n) is 9.35. The van der Waals surface area contributed by atoms with E-state index in [1.54, 1.807) is 15.9 Å². The molecule has 31 heavy (non-hydrogen) atoms. The molecular weight excluding hydrogens is 424 g/mol. The molecule has 2 aromatic carbocycles. The predicted octanol–water partition coefficient (Wildman–Crippen LogP) is 4.70. The van der Waals surface area contributed by atoms with Crippen molar-refractivity contribution in [1.82, 2.24) is 4.90 Å². The van der Waals surface area contributed by atoms with Gasteiger partial charge < -0.3 is 9.80 Å². The van der Waals surface area contributed by atoms with Gasteiger partial charge in [0.15, 0.2) is 0 Å². The fraction of sp³-hybridized carbons (Fsp3) is 0.333. The number of benzene rings is 2. The minimum absolute atomic E-state index is 0.129. The van der Waals surface area contributed by atoms with Crippen LogP contribution < -0.4 is 4.90 Å². The van der Waals surface area contributed by atoms with E-state index in [0.717, 1.165) is 36.4 Å². The van der Waals surface area contributed by atoms with Gasteiger partial charge in [0.2, 0.25) is 0 Å². The van der Waals surface area contributed by atoms with E-state index in [1.807, 2.05) is 0 Å². The van der Waals surface area contributed by atoms with Gasteiger partial charge in [0.05, 0.1) is 28.8 Å². The summed E-state index contributed by atoms with van der Waals surface area (Å²) in [5.41, 5.74) is -1.86. The summed E-state index contributed by atoms with van der Waals surface area (Å²) < 4.78 is 77.9. The Hall–Kier alpha value is -3.22. The molecule has 2 atom stereocenters. The zero-order valence-corrected chi connectivity index (χ0v) is 15.8. The number of amides is 1. The van der Waals surface area contributed by atoms with Crippen molar-refractivity contribution in [2.24, 2.45) is 0 Å². The number of hydrogen-bond acceptors (Lipinski definition) is 3. The molecule has 0 unspecified atom stereocenters. The molecule has 0 radical (unpaired) electrons. The van der Waals surface area contributed by atoms with E-state index in [1.165, 1.54) is 6.07 Å². The fourth-order valence-electron chi connectivity index (χ4n) is 4.24. The molecule has 10 heteroatoms. The quantitative estimate of drug-likeness (QED) is 0.638. The summed E-state index contributed by atoms with van der Waals surface area (Å²) in [4.78, 5) is 16.1. The van der Waals surface area contributed by atoms with Crippen LogP contribution in [0.3, 0.4) is 0 Å². The Bertz CT molecular complexity index is 1050. The summed E-state index contributed by atoms with van der Waals surface area (Å²) in [5, 5.41) is 8.94. The molecule has 2 heterocycles. The molecule has 2 fully saturated rings. The van der Waals surface area contributed by atoms with E-state index in [-0.39, 0.29) is 24.2 Å². The van der Waals surface area contributed by atoms with Gasteiger partial charge in [0.25, 0.3) is 5.91 Å². The van der Waals surface area contributed by atoms with Crippen molar-refractivity contribution in [2.45, 2.75) is 30.9 Å². The summed E-state index contributed by atoms with van der Waals surface area (Å²) in [7, 11) is 0. The van der Waals surface area contributed by atoms with Gasteiger partial charge in [0.1, 0.15) is 0 Å². The van der Waals surface area contributed by atoms with Crippen LogP contribution in [0, 0.1) is 11.3 Å². The number of anilines is 1. The molecular formula is C21H15F6N3O. The normalized spacial score (nSPS) is 20.8. The van der Waals surface area contributed by atoms with E-state index in [2.05, 4.69) is 0 Å². The van der Waals surface area contributed by atoms with Crippen LogP contribution in [0.1, 0.15) is 33.5 Å². The van der Waals surface area contributed by atoms with Crippen molar-refractivity contribution < 1.29 is 31.1 Å². The summed E-state index contributed by atoms with van der Waals surface area (Å²) >= 11 is 0. The number of rotatable bonds is 2. The van der Waals surface area contributed by atoms with Crippen LogP contribution >= 0.6 is 0 Å². The van der Waals surface area contributed by atoms with Gasteiger partial charge >= 0.3 is 12.4 Å². The van der Waals surface area contributed by atoms with Gasteiger partial charge in [-0.3, -0.25) is 4.79 Å². The second-order valence-electron chi connectivity index (χ2n) is 7.57. The SMILES string of the molecule is N#Cc1ccc(N2C[C@H]3C[C@@H]2CN3C(=O)c2ccc(C(F)(F)F)cc2)cc1C(F)(F)F. The fourth-order valence-corrected chi connectivity index (χ4v) is 4.24. The van der Waals surface area contributed by atoms with Crippen molar-refractivity contribution in [3.63, 3.8) is 0 Å². The maximum Gasteiger partial charge on any atom is 0.417 e. The van der Waals surface area contributed by atoms with E-state index in [9.17, 15) is 31.1 Å². The van der Waals surface area contributed by atoms with Crippen LogP contribution in [-0.2, 0) is 12.4 Å². The van der Waals surface area contributed by atoms with Crippen LogP contribution in [0.5, 0.6) is 0 Å². The Balaban J connectivity index is 1.51. The van der Waals surface area contributed by atoms with Gasteiger partial charge in [-0.1, -0.05) is 0 Å². The zero-order chi connectivity index (χ0) is 22.6. The molecule has 2 bridgehead atoms.